The highest BCUT2D eigenvalue weighted by molar-refractivity contribution is 5.70. The summed E-state index contributed by atoms with van der Waals surface area (Å²) in [5, 5.41) is 12.3. The van der Waals surface area contributed by atoms with Crippen LogP contribution >= 0.6 is 0 Å². The second kappa shape index (κ2) is 5.12. The van der Waals surface area contributed by atoms with Gasteiger partial charge in [-0.05, 0) is 24.0 Å². The summed E-state index contributed by atoms with van der Waals surface area (Å²) in [5.41, 5.74) is 2.03. The third-order valence-corrected chi connectivity index (χ3v) is 3.15. The van der Waals surface area contributed by atoms with Gasteiger partial charge in [-0.3, -0.25) is 4.79 Å². The van der Waals surface area contributed by atoms with Crippen LogP contribution in [0.1, 0.15) is 30.4 Å². The zero-order valence-corrected chi connectivity index (χ0v) is 9.28. The SMILES string of the molecule is O=C(O)Cc1ccccc1CNC1CCC1. The maximum atomic E-state index is 10.7. The maximum absolute atomic E-state index is 10.7. The first-order valence-corrected chi connectivity index (χ1v) is 5.77. The normalized spacial score (nSPS) is 15.8. The third-order valence-electron chi connectivity index (χ3n) is 3.15. The number of hydrogen-bond acceptors (Lipinski definition) is 2. The lowest BCUT2D eigenvalue weighted by atomic mass is 9.92. The fourth-order valence-electron chi connectivity index (χ4n) is 1.93. The lowest BCUT2D eigenvalue weighted by Gasteiger charge is -2.27. The highest BCUT2D eigenvalue weighted by Crippen LogP contribution is 2.19. The van der Waals surface area contributed by atoms with Crippen LogP contribution in [-0.4, -0.2) is 17.1 Å². The number of aliphatic carboxylic acids is 1. The molecule has 0 aromatic heterocycles. The molecule has 0 radical (unpaired) electrons. The van der Waals surface area contributed by atoms with Crippen molar-refractivity contribution >= 4 is 5.97 Å². The van der Waals surface area contributed by atoms with E-state index in [1.54, 1.807) is 0 Å². The highest BCUT2D eigenvalue weighted by atomic mass is 16.4. The van der Waals surface area contributed by atoms with Gasteiger partial charge in [-0.25, -0.2) is 0 Å². The van der Waals surface area contributed by atoms with Crippen LogP contribution in [0.25, 0.3) is 0 Å². The van der Waals surface area contributed by atoms with Gasteiger partial charge in [0, 0.05) is 12.6 Å². The molecule has 0 bridgehead atoms. The first-order valence-electron chi connectivity index (χ1n) is 5.77. The first-order chi connectivity index (χ1) is 7.75. The Labute approximate surface area is 95.5 Å². The zero-order valence-electron chi connectivity index (χ0n) is 9.28. The topological polar surface area (TPSA) is 49.3 Å². The Hall–Kier alpha value is -1.35. The molecule has 1 fully saturated rings. The van der Waals surface area contributed by atoms with Crippen LogP contribution in [0.4, 0.5) is 0 Å². The minimum absolute atomic E-state index is 0.114. The van der Waals surface area contributed by atoms with Crippen LogP contribution in [0.3, 0.4) is 0 Å². The van der Waals surface area contributed by atoms with E-state index in [-0.39, 0.29) is 6.42 Å². The van der Waals surface area contributed by atoms with E-state index in [4.69, 9.17) is 5.11 Å². The van der Waals surface area contributed by atoms with E-state index in [2.05, 4.69) is 5.32 Å². The number of benzene rings is 1. The first kappa shape index (κ1) is 11.1. The molecule has 3 heteroatoms. The quantitative estimate of drug-likeness (QED) is 0.795. The Morgan fingerprint density at radius 3 is 2.56 bits per heavy atom. The Balaban J connectivity index is 1.97. The lowest BCUT2D eigenvalue weighted by Crippen LogP contribution is -2.34. The number of hydrogen-bond donors (Lipinski definition) is 2. The van der Waals surface area contributed by atoms with Gasteiger partial charge in [0.15, 0.2) is 0 Å². The van der Waals surface area contributed by atoms with Crippen molar-refractivity contribution in [3.8, 4) is 0 Å². The minimum Gasteiger partial charge on any atom is -0.481 e. The molecular weight excluding hydrogens is 202 g/mol. The largest absolute Gasteiger partial charge is 0.481 e. The molecule has 1 aromatic rings. The molecule has 86 valence electrons. The van der Waals surface area contributed by atoms with E-state index in [9.17, 15) is 4.79 Å². The lowest BCUT2D eigenvalue weighted by molar-refractivity contribution is -0.136. The van der Waals surface area contributed by atoms with Crippen molar-refractivity contribution < 1.29 is 9.90 Å². The molecule has 0 heterocycles. The van der Waals surface area contributed by atoms with Crippen LogP contribution < -0.4 is 5.32 Å². The van der Waals surface area contributed by atoms with E-state index >= 15 is 0 Å². The molecular formula is C13H17NO2. The summed E-state index contributed by atoms with van der Waals surface area (Å²) in [6.45, 7) is 0.786. The molecule has 1 aromatic carbocycles. The van der Waals surface area contributed by atoms with Gasteiger partial charge in [0.05, 0.1) is 6.42 Å². The number of nitrogens with one attached hydrogen (secondary N) is 1. The van der Waals surface area contributed by atoms with Crippen LogP contribution in [0, 0.1) is 0 Å². The summed E-state index contributed by atoms with van der Waals surface area (Å²) < 4.78 is 0. The average molecular weight is 219 g/mol. The molecule has 0 amide bonds. The molecule has 2 rings (SSSR count). The van der Waals surface area contributed by atoms with Crippen molar-refractivity contribution in [1.82, 2.24) is 5.32 Å². The predicted octanol–water partition coefficient (Wildman–Crippen LogP) is 1.96. The van der Waals surface area contributed by atoms with E-state index in [1.807, 2.05) is 24.3 Å². The molecule has 0 aliphatic heterocycles. The van der Waals surface area contributed by atoms with Gasteiger partial charge in [-0.1, -0.05) is 30.7 Å². The van der Waals surface area contributed by atoms with Crippen molar-refractivity contribution in [2.24, 2.45) is 0 Å². The van der Waals surface area contributed by atoms with Gasteiger partial charge in [-0.15, -0.1) is 0 Å². The van der Waals surface area contributed by atoms with Gasteiger partial charge in [0.25, 0.3) is 0 Å². The second-order valence-electron chi connectivity index (χ2n) is 4.35. The van der Waals surface area contributed by atoms with Crippen molar-refractivity contribution in [2.45, 2.75) is 38.3 Å². The smallest absolute Gasteiger partial charge is 0.307 e. The van der Waals surface area contributed by atoms with Crippen molar-refractivity contribution in [3.05, 3.63) is 35.4 Å². The highest BCUT2D eigenvalue weighted by Gasteiger charge is 2.16. The van der Waals surface area contributed by atoms with Gasteiger partial charge in [-0.2, -0.15) is 0 Å². The molecule has 1 aliphatic rings. The molecule has 2 N–H and O–H groups in total. The predicted molar refractivity (Wildman–Crippen MR) is 62.3 cm³/mol. The van der Waals surface area contributed by atoms with E-state index in [1.165, 1.54) is 19.3 Å². The Morgan fingerprint density at radius 2 is 2.00 bits per heavy atom. The number of carbonyl (C=O) groups is 1. The fourth-order valence-corrected chi connectivity index (χ4v) is 1.93. The van der Waals surface area contributed by atoms with Gasteiger partial charge < -0.3 is 10.4 Å². The van der Waals surface area contributed by atoms with Crippen LogP contribution in [0.5, 0.6) is 0 Å². The molecule has 0 atom stereocenters. The van der Waals surface area contributed by atoms with Crippen molar-refractivity contribution in [3.63, 3.8) is 0 Å². The van der Waals surface area contributed by atoms with Gasteiger partial charge in [0.1, 0.15) is 0 Å². The Kier molecular flexibility index (Phi) is 3.57. The Morgan fingerprint density at radius 1 is 1.31 bits per heavy atom. The molecule has 16 heavy (non-hydrogen) atoms. The standard InChI is InChI=1S/C13H17NO2/c15-13(16)8-10-4-1-2-5-11(10)9-14-12-6-3-7-12/h1-2,4-5,12,14H,3,6-9H2,(H,15,16). The third kappa shape index (κ3) is 2.83. The summed E-state index contributed by atoms with van der Waals surface area (Å²) in [6, 6.07) is 8.39. The zero-order chi connectivity index (χ0) is 11.4. The number of carboxylic acids is 1. The summed E-state index contributed by atoms with van der Waals surface area (Å²) >= 11 is 0. The molecule has 0 unspecified atom stereocenters. The number of carboxylic acid groups (broad SMARTS) is 1. The summed E-state index contributed by atoms with van der Waals surface area (Å²) in [4.78, 5) is 10.7. The van der Waals surface area contributed by atoms with Crippen molar-refractivity contribution in [1.29, 1.82) is 0 Å². The molecule has 0 spiro atoms. The van der Waals surface area contributed by atoms with E-state index in [0.717, 1.165) is 17.7 Å². The second-order valence-corrected chi connectivity index (χ2v) is 4.35. The van der Waals surface area contributed by atoms with E-state index < -0.39 is 5.97 Å². The number of rotatable bonds is 5. The van der Waals surface area contributed by atoms with Crippen LogP contribution in [-0.2, 0) is 17.8 Å². The average Bonchev–Trinajstić information content (AvgIpc) is 2.17. The fraction of sp³-hybridized carbons (Fsp3) is 0.462. The van der Waals surface area contributed by atoms with Crippen LogP contribution in [0.2, 0.25) is 0 Å². The summed E-state index contributed by atoms with van der Waals surface area (Å²) in [5.74, 6) is -0.768. The van der Waals surface area contributed by atoms with E-state index in [0.29, 0.717) is 6.04 Å². The molecule has 0 saturated heterocycles. The van der Waals surface area contributed by atoms with Crippen molar-refractivity contribution in [2.75, 3.05) is 0 Å². The summed E-state index contributed by atoms with van der Waals surface area (Å²) in [6.07, 6.45) is 3.93. The van der Waals surface area contributed by atoms with Crippen LogP contribution in [0.15, 0.2) is 24.3 Å². The van der Waals surface area contributed by atoms with Gasteiger partial charge >= 0.3 is 5.97 Å². The Bertz CT molecular complexity index is 372. The van der Waals surface area contributed by atoms with Gasteiger partial charge in [0.2, 0.25) is 0 Å². The molecule has 1 aliphatic carbocycles. The molecule has 3 nitrogen and oxygen atoms in total. The monoisotopic (exact) mass is 219 g/mol. The minimum atomic E-state index is -0.768. The molecule has 1 saturated carbocycles. The summed E-state index contributed by atoms with van der Waals surface area (Å²) in [7, 11) is 0. The maximum Gasteiger partial charge on any atom is 0.307 e.